The lowest BCUT2D eigenvalue weighted by atomic mass is 9.82. The number of hydrogen-bond acceptors (Lipinski definition) is 3. The molecule has 0 aromatic rings. The molecule has 23 heavy (non-hydrogen) atoms. The molecule has 1 aliphatic rings. The molecule has 132 valence electrons. The van der Waals surface area contributed by atoms with Crippen molar-refractivity contribution in [3.63, 3.8) is 0 Å². The summed E-state index contributed by atoms with van der Waals surface area (Å²) in [6.45, 7) is 10.4. The summed E-state index contributed by atoms with van der Waals surface area (Å²) in [6.07, 6.45) is 8.24. The Bertz CT molecular complexity index is 423. The number of cyclic esters (lactones) is 1. The smallest absolute Gasteiger partial charge is 0.308 e. The van der Waals surface area contributed by atoms with Crippen LogP contribution in [0.3, 0.4) is 0 Å². The molecule has 4 nitrogen and oxygen atoms in total. The van der Waals surface area contributed by atoms with Gasteiger partial charge in [0.05, 0.1) is 5.92 Å². The van der Waals surface area contributed by atoms with Crippen LogP contribution in [-0.4, -0.2) is 18.0 Å². The van der Waals surface area contributed by atoms with E-state index in [4.69, 9.17) is 4.74 Å². The van der Waals surface area contributed by atoms with Crippen molar-refractivity contribution in [2.24, 2.45) is 17.3 Å². The second kappa shape index (κ2) is 9.09. The van der Waals surface area contributed by atoms with Crippen LogP contribution in [0.25, 0.3) is 0 Å². The average molecular weight is 323 g/mol. The molecule has 1 amide bonds. The first-order valence-electron chi connectivity index (χ1n) is 8.85. The van der Waals surface area contributed by atoms with Gasteiger partial charge in [-0.3, -0.25) is 9.59 Å². The number of hydrogen-bond donors (Lipinski definition) is 1. The monoisotopic (exact) mass is 323 g/mol. The Morgan fingerprint density at radius 2 is 1.87 bits per heavy atom. The standard InChI is InChI=1S/C19H33NO3/c1-14-9-8-11-17(21)20-12-7-6-10-15(2)18(22)23-16(13-14)19(3,4)5/h7,12,14-16H,6,8-11,13H2,1-5H3,(H,20,21)/b12-7+/t14-,15-,16-/m1/s1. The molecule has 0 spiro atoms. The molecule has 0 unspecified atom stereocenters. The van der Waals surface area contributed by atoms with Gasteiger partial charge in [0.25, 0.3) is 0 Å². The lowest BCUT2D eigenvalue weighted by molar-refractivity contribution is -0.160. The van der Waals surface area contributed by atoms with Crippen molar-refractivity contribution < 1.29 is 14.3 Å². The normalized spacial score (nSPS) is 30.6. The van der Waals surface area contributed by atoms with E-state index in [-0.39, 0.29) is 29.3 Å². The van der Waals surface area contributed by atoms with Crippen LogP contribution in [0, 0.1) is 17.3 Å². The van der Waals surface area contributed by atoms with Gasteiger partial charge in [-0.1, -0.05) is 47.1 Å². The topological polar surface area (TPSA) is 55.4 Å². The number of nitrogens with one attached hydrogen (secondary N) is 1. The van der Waals surface area contributed by atoms with Gasteiger partial charge in [-0.25, -0.2) is 0 Å². The summed E-state index contributed by atoms with van der Waals surface area (Å²) in [5.74, 6) is 0.261. The van der Waals surface area contributed by atoms with Gasteiger partial charge in [0.1, 0.15) is 6.10 Å². The molecule has 1 rings (SSSR count). The molecular formula is C19H33NO3. The molecule has 0 fully saturated rings. The molecule has 0 aromatic heterocycles. The van der Waals surface area contributed by atoms with Crippen molar-refractivity contribution in [1.29, 1.82) is 0 Å². The van der Waals surface area contributed by atoms with Crippen LogP contribution in [0.4, 0.5) is 0 Å². The Morgan fingerprint density at radius 3 is 2.52 bits per heavy atom. The fraction of sp³-hybridized carbons (Fsp3) is 0.789. The van der Waals surface area contributed by atoms with Crippen LogP contribution in [0.2, 0.25) is 0 Å². The molecule has 0 saturated carbocycles. The van der Waals surface area contributed by atoms with Gasteiger partial charge in [-0.2, -0.15) is 0 Å². The van der Waals surface area contributed by atoms with E-state index in [1.54, 1.807) is 6.20 Å². The lowest BCUT2D eigenvalue weighted by Gasteiger charge is -2.33. The van der Waals surface area contributed by atoms with Crippen LogP contribution in [0.15, 0.2) is 12.3 Å². The van der Waals surface area contributed by atoms with Crippen LogP contribution in [0.1, 0.15) is 73.1 Å². The first-order valence-corrected chi connectivity index (χ1v) is 8.85. The number of ether oxygens (including phenoxy) is 1. The predicted molar refractivity (Wildman–Crippen MR) is 92.6 cm³/mol. The number of allylic oxidation sites excluding steroid dienone is 1. The summed E-state index contributed by atoms with van der Waals surface area (Å²) in [5, 5.41) is 2.79. The summed E-state index contributed by atoms with van der Waals surface area (Å²) >= 11 is 0. The zero-order valence-corrected chi connectivity index (χ0v) is 15.4. The van der Waals surface area contributed by atoms with Crippen LogP contribution in [0.5, 0.6) is 0 Å². The largest absolute Gasteiger partial charge is 0.462 e. The number of carbonyl (C=O) groups excluding carboxylic acids is 2. The maximum atomic E-state index is 12.4. The summed E-state index contributed by atoms with van der Waals surface area (Å²) in [6, 6.07) is 0. The second-order valence-corrected chi connectivity index (χ2v) is 7.97. The fourth-order valence-corrected chi connectivity index (χ4v) is 2.70. The SMILES string of the molecule is C[C@@H]1CCCC(=O)N/C=C/CC[C@@H](C)C(=O)O[C@@H](C(C)(C)C)C1. The maximum absolute atomic E-state index is 12.4. The first kappa shape index (κ1) is 19.7. The highest BCUT2D eigenvalue weighted by atomic mass is 16.5. The molecule has 3 atom stereocenters. The third-order valence-corrected chi connectivity index (χ3v) is 4.47. The quantitative estimate of drug-likeness (QED) is 0.680. The van der Waals surface area contributed by atoms with Gasteiger partial charge in [-0.15, -0.1) is 0 Å². The summed E-state index contributed by atoms with van der Waals surface area (Å²) in [5.41, 5.74) is -0.0745. The summed E-state index contributed by atoms with van der Waals surface area (Å²) in [7, 11) is 0. The van der Waals surface area contributed by atoms with Crippen LogP contribution < -0.4 is 5.32 Å². The number of esters is 1. The van der Waals surface area contributed by atoms with E-state index in [2.05, 4.69) is 33.0 Å². The van der Waals surface area contributed by atoms with E-state index in [0.29, 0.717) is 12.3 Å². The number of amides is 1. The van der Waals surface area contributed by atoms with Gasteiger partial charge in [0.2, 0.25) is 5.91 Å². The van der Waals surface area contributed by atoms with E-state index in [0.717, 1.165) is 32.1 Å². The Morgan fingerprint density at radius 1 is 1.17 bits per heavy atom. The zero-order valence-electron chi connectivity index (χ0n) is 15.4. The van der Waals surface area contributed by atoms with Gasteiger partial charge >= 0.3 is 5.97 Å². The average Bonchev–Trinajstić information content (AvgIpc) is 2.44. The Kier molecular flexibility index (Phi) is 7.80. The molecule has 1 heterocycles. The van der Waals surface area contributed by atoms with Crippen LogP contribution in [-0.2, 0) is 14.3 Å². The molecule has 0 aromatic carbocycles. The minimum atomic E-state index is -0.124. The van der Waals surface area contributed by atoms with Crippen molar-refractivity contribution in [3.8, 4) is 0 Å². The molecule has 4 heteroatoms. The van der Waals surface area contributed by atoms with Crippen molar-refractivity contribution in [2.75, 3.05) is 0 Å². The minimum Gasteiger partial charge on any atom is -0.462 e. The molecule has 1 aliphatic heterocycles. The van der Waals surface area contributed by atoms with E-state index < -0.39 is 0 Å². The van der Waals surface area contributed by atoms with Gasteiger partial charge in [0.15, 0.2) is 0 Å². The molecule has 0 saturated heterocycles. The van der Waals surface area contributed by atoms with Crippen molar-refractivity contribution in [1.82, 2.24) is 5.32 Å². The van der Waals surface area contributed by atoms with Gasteiger partial charge in [0, 0.05) is 6.42 Å². The highest BCUT2D eigenvalue weighted by molar-refractivity contribution is 5.76. The Balaban J connectivity index is 2.80. The predicted octanol–water partition coefficient (Wildman–Crippen LogP) is 4.20. The van der Waals surface area contributed by atoms with Crippen molar-refractivity contribution >= 4 is 11.9 Å². The van der Waals surface area contributed by atoms with E-state index in [1.165, 1.54) is 0 Å². The molecule has 0 bridgehead atoms. The van der Waals surface area contributed by atoms with Crippen molar-refractivity contribution in [2.45, 2.75) is 79.2 Å². The third kappa shape index (κ3) is 7.67. The molecule has 0 radical (unpaired) electrons. The van der Waals surface area contributed by atoms with Crippen LogP contribution >= 0.6 is 0 Å². The van der Waals surface area contributed by atoms with E-state index in [9.17, 15) is 9.59 Å². The van der Waals surface area contributed by atoms with Gasteiger partial charge < -0.3 is 10.1 Å². The zero-order chi connectivity index (χ0) is 17.5. The third-order valence-electron chi connectivity index (χ3n) is 4.47. The van der Waals surface area contributed by atoms with E-state index in [1.807, 2.05) is 13.0 Å². The highest BCUT2D eigenvalue weighted by Crippen LogP contribution is 2.30. The Hall–Kier alpha value is -1.32. The van der Waals surface area contributed by atoms with Gasteiger partial charge in [-0.05, 0) is 43.2 Å². The summed E-state index contributed by atoms with van der Waals surface area (Å²) in [4.78, 5) is 24.1. The molecular weight excluding hydrogens is 290 g/mol. The van der Waals surface area contributed by atoms with E-state index >= 15 is 0 Å². The molecule has 0 aliphatic carbocycles. The number of carbonyl (C=O) groups is 2. The first-order chi connectivity index (χ1) is 10.7. The highest BCUT2D eigenvalue weighted by Gasteiger charge is 2.31. The molecule has 1 N–H and O–H groups in total. The van der Waals surface area contributed by atoms with Crippen molar-refractivity contribution in [3.05, 3.63) is 12.3 Å². The fourth-order valence-electron chi connectivity index (χ4n) is 2.70. The second-order valence-electron chi connectivity index (χ2n) is 7.97. The lowest BCUT2D eigenvalue weighted by Crippen LogP contribution is -2.35. The Labute approximate surface area is 141 Å². The maximum Gasteiger partial charge on any atom is 0.308 e. The number of rotatable bonds is 0. The summed E-state index contributed by atoms with van der Waals surface area (Å²) < 4.78 is 5.85. The minimum absolute atomic E-state index is 0.0658.